The molecular weight excluding hydrogens is 178 g/mol. The van der Waals surface area contributed by atoms with Gasteiger partial charge >= 0.3 is 0 Å². The molecule has 0 aliphatic heterocycles. The fourth-order valence-electron chi connectivity index (χ4n) is 1.55. The van der Waals surface area contributed by atoms with Crippen molar-refractivity contribution in [2.45, 2.75) is 19.4 Å². The van der Waals surface area contributed by atoms with Crippen molar-refractivity contribution in [3.8, 4) is 0 Å². The van der Waals surface area contributed by atoms with Crippen molar-refractivity contribution in [1.82, 2.24) is 9.78 Å². The van der Waals surface area contributed by atoms with Crippen molar-refractivity contribution in [3.63, 3.8) is 0 Å². The molecule has 4 heteroatoms. The SMILES string of the molecule is COCC(C)CC(N)c1cnn(C)c1. The summed E-state index contributed by atoms with van der Waals surface area (Å²) in [6.45, 7) is 2.90. The molecule has 4 nitrogen and oxygen atoms in total. The first-order valence-corrected chi connectivity index (χ1v) is 4.86. The van der Waals surface area contributed by atoms with Gasteiger partial charge in [0.05, 0.1) is 6.20 Å². The van der Waals surface area contributed by atoms with Gasteiger partial charge in [-0.25, -0.2) is 0 Å². The molecule has 0 saturated carbocycles. The van der Waals surface area contributed by atoms with Crippen molar-refractivity contribution in [1.29, 1.82) is 0 Å². The molecule has 0 fully saturated rings. The van der Waals surface area contributed by atoms with Gasteiger partial charge in [0.25, 0.3) is 0 Å². The number of nitrogens with two attached hydrogens (primary N) is 1. The molecule has 1 aromatic rings. The maximum atomic E-state index is 6.03. The summed E-state index contributed by atoms with van der Waals surface area (Å²) in [6, 6.07) is 0.0637. The first-order chi connectivity index (χ1) is 6.63. The van der Waals surface area contributed by atoms with E-state index in [1.807, 2.05) is 19.4 Å². The highest BCUT2D eigenvalue weighted by atomic mass is 16.5. The van der Waals surface area contributed by atoms with Crippen LogP contribution in [0, 0.1) is 5.92 Å². The molecular formula is C10H19N3O. The second-order valence-corrected chi connectivity index (χ2v) is 3.85. The highest BCUT2D eigenvalue weighted by molar-refractivity contribution is 5.09. The van der Waals surface area contributed by atoms with Crippen LogP contribution in [0.5, 0.6) is 0 Å². The molecule has 80 valence electrons. The van der Waals surface area contributed by atoms with Crippen LogP contribution in [0.1, 0.15) is 24.9 Å². The summed E-state index contributed by atoms with van der Waals surface area (Å²) in [4.78, 5) is 0. The Labute approximate surface area is 85.0 Å². The van der Waals surface area contributed by atoms with Crippen LogP contribution in [0.2, 0.25) is 0 Å². The number of ether oxygens (including phenoxy) is 1. The van der Waals surface area contributed by atoms with Crippen LogP contribution in [-0.2, 0) is 11.8 Å². The Kier molecular flexibility index (Phi) is 4.10. The smallest absolute Gasteiger partial charge is 0.0537 e. The fourth-order valence-corrected chi connectivity index (χ4v) is 1.55. The second kappa shape index (κ2) is 5.12. The van der Waals surface area contributed by atoms with Crippen LogP contribution in [-0.4, -0.2) is 23.5 Å². The minimum Gasteiger partial charge on any atom is -0.384 e. The highest BCUT2D eigenvalue weighted by Gasteiger charge is 2.12. The Morgan fingerprint density at radius 2 is 2.36 bits per heavy atom. The predicted octanol–water partition coefficient (Wildman–Crippen LogP) is 1.09. The Morgan fingerprint density at radius 1 is 1.64 bits per heavy atom. The van der Waals surface area contributed by atoms with E-state index >= 15 is 0 Å². The minimum absolute atomic E-state index is 0.0637. The van der Waals surface area contributed by atoms with Gasteiger partial charge in [-0.15, -0.1) is 0 Å². The Bertz CT molecular complexity index is 272. The largest absolute Gasteiger partial charge is 0.384 e. The van der Waals surface area contributed by atoms with Crippen molar-refractivity contribution in [3.05, 3.63) is 18.0 Å². The normalized spacial score (nSPS) is 15.4. The fraction of sp³-hybridized carbons (Fsp3) is 0.700. The second-order valence-electron chi connectivity index (χ2n) is 3.85. The van der Waals surface area contributed by atoms with E-state index in [1.54, 1.807) is 11.8 Å². The van der Waals surface area contributed by atoms with Crippen LogP contribution in [0.3, 0.4) is 0 Å². The molecule has 0 spiro atoms. The van der Waals surface area contributed by atoms with Crippen LogP contribution in [0.25, 0.3) is 0 Å². The quantitative estimate of drug-likeness (QED) is 0.768. The first-order valence-electron chi connectivity index (χ1n) is 4.86. The number of aryl methyl sites for hydroxylation is 1. The zero-order valence-corrected chi connectivity index (χ0v) is 9.10. The summed E-state index contributed by atoms with van der Waals surface area (Å²) in [5, 5.41) is 4.10. The third-order valence-corrected chi connectivity index (χ3v) is 2.26. The van der Waals surface area contributed by atoms with Crippen molar-refractivity contribution in [2.75, 3.05) is 13.7 Å². The number of hydrogen-bond acceptors (Lipinski definition) is 3. The minimum atomic E-state index is 0.0637. The van der Waals surface area contributed by atoms with Crippen LogP contribution in [0.15, 0.2) is 12.4 Å². The van der Waals surface area contributed by atoms with Crippen LogP contribution >= 0.6 is 0 Å². The lowest BCUT2D eigenvalue weighted by Crippen LogP contribution is -2.16. The van der Waals surface area contributed by atoms with Crippen molar-refractivity contribution in [2.24, 2.45) is 18.7 Å². The maximum Gasteiger partial charge on any atom is 0.0537 e. The van der Waals surface area contributed by atoms with Crippen molar-refractivity contribution >= 4 is 0 Å². The predicted molar refractivity (Wildman–Crippen MR) is 55.8 cm³/mol. The standard InChI is InChI=1S/C10H19N3O/c1-8(7-14-3)4-10(11)9-5-12-13(2)6-9/h5-6,8,10H,4,7,11H2,1-3H3. The van der Waals surface area contributed by atoms with E-state index < -0.39 is 0 Å². The number of nitrogens with zero attached hydrogens (tertiary/aromatic N) is 2. The van der Waals surface area contributed by atoms with Gasteiger partial charge in [0.1, 0.15) is 0 Å². The molecule has 2 unspecified atom stereocenters. The van der Waals surface area contributed by atoms with Gasteiger partial charge in [0.15, 0.2) is 0 Å². The molecule has 2 atom stereocenters. The van der Waals surface area contributed by atoms with Gasteiger partial charge in [-0.2, -0.15) is 5.10 Å². The molecule has 0 bridgehead atoms. The van der Waals surface area contributed by atoms with Crippen LogP contribution < -0.4 is 5.73 Å². The molecule has 2 N–H and O–H groups in total. The van der Waals surface area contributed by atoms with Gasteiger partial charge in [-0.3, -0.25) is 4.68 Å². The molecule has 0 aliphatic carbocycles. The first kappa shape index (κ1) is 11.2. The van der Waals surface area contributed by atoms with Crippen LogP contribution in [0.4, 0.5) is 0 Å². The summed E-state index contributed by atoms with van der Waals surface area (Å²) < 4.78 is 6.84. The Balaban J connectivity index is 2.45. The molecule has 0 radical (unpaired) electrons. The number of hydrogen-bond donors (Lipinski definition) is 1. The van der Waals surface area contributed by atoms with Gasteiger partial charge in [0, 0.05) is 38.6 Å². The topological polar surface area (TPSA) is 53.1 Å². The Morgan fingerprint density at radius 3 is 2.86 bits per heavy atom. The van der Waals surface area contributed by atoms with Gasteiger partial charge in [-0.1, -0.05) is 6.92 Å². The number of rotatable bonds is 5. The third-order valence-electron chi connectivity index (χ3n) is 2.26. The van der Waals surface area contributed by atoms with E-state index in [1.165, 1.54) is 0 Å². The summed E-state index contributed by atoms with van der Waals surface area (Å²) in [5.41, 5.74) is 7.12. The number of methoxy groups -OCH3 is 1. The third kappa shape index (κ3) is 3.12. The van der Waals surface area contributed by atoms with E-state index in [0.29, 0.717) is 5.92 Å². The van der Waals surface area contributed by atoms with E-state index in [-0.39, 0.29) is 6.04 Å². The average molecular weight is 197 g/mol. The summed E-state index contributed by atoms with van der Waals surface area (Å²) in [6.07, 6.45) is 4.72. The molecule has 1 heterocycles. The van der Waals surface area contributed by atoms with Gasteiger partial charge in [0.2, 0.25) is 0 Å². The lowest BCUT2D eigenvalue weighted by Gasteiger charge is -2.14. The lowest BCUT2D eigenvalue weighted by molar-refractivity contribution is 0.152. The zero-order chi connectivity index (χ0) is 10.6. The van der Waals surface area contributed by atoms with E-state index in [9.17, 15) is 0 Å². The highest BCUT2D eigenvalue weighted by Crippen LogP contribution is 2.18. The maximum absolute atomic E-state index is 6.03. The summed E-state index contributed by atoms with van der Waals surface area (Å²) in [7, 11) is 3.61. The van der Waals surface area contributed by atoms with E-state index in [2.05, 4.69) is 12.0 Å². The Hall–Kier alpha value is -0.870. The molecule has 1 aromatic heterocycles. The summed E-state index contributed by atoms with van der Waals surface area (Å²) >= 11 is 0. The molecule has 0 saturated heterocycles. The molecule has 0 aliphatic rings. The van der Waals surface area contributed by atoms with E-state index in [0.717, 1.165) is 18.6 Å². The average Bonchev–Trinajstić information content (AvgIpc) is 2.52. The molecule has 0 aromatic carbocycles. The molecule has 1 rings (SSSR count). The molecule has 0 amide bonds. The van der Waals surface area contributed by atoms with Crippen molar-refractivity contribution < 1.29 is 4.74 Å². The monoisotopic (exact) mass is 197 g/mol. The number of aromatic nitrogens is 2. The molecule has 14 heavy (non-hydrogen) atoms. The van der Waals surface area contributed by atoms with Gasteiger partial charge < -0.3 is 10.5 Å². The zero-order valence-electron chi connectivity index (χ0n) is 9.10. The van der Waals surface area contributed by atoms with Gasteiger partial charge in [-0.05, 0) is 12.3 Å². The van der Waals surface area contributed by atoms with E-state index in [4.69, 9.17) is 10.5 Å². The lowest BCUT2D eigenvalue weighted by atomic mass is 9.99. The summed E-state index contributed by atoms with van der Waals surface area (Å²) in [5.74, 6) is 0.482.